The first-order chi connectivity index (χ1) is 11.5. The summed E-state index contributed by atoms with van der Waals surface area (Å²) < 4.78 is 6.69. The average molecular weight is 360 g/mol. The van der Waals surface area contributed by atoms with E-state index in [1.165, 1.54) is 11.3 Å². The summed E-state index contributed by atoms with van der Waals surface area (Å²) in [5.74, 6) is 0.647. The standard InChI is InChI=1S/C16H14ClN5OS/c1-16(4-6-23-10-3-2-5-19-13(10)14(16)18)22-15-21-9-8-20-12(17)7-11(9)24-15/h2-3,5,7-8,18H,4,6H2,1H3,(H,21,22). The van der Waals surface area contributed by atoms with E-state index in [9.17, 15) is 0 Å². The molecule has 0 aliphatic carbocycles. The van der Waals surface area contributed by atoms with Gasteiger partial charge in [0.2, 0.25) is 0 Å². The Morgan fingerprint density at radius 2 is 2.29 bits per heavy atom. The normalized spacial score (nSPS) is 20.3. The first-order valence-electron chi connectivity index (χ1n) is 7.43. The van der Waals surface area contributed by atoms with Crippen LogP contribution in [0.3, 0.4) is 0 Å². The molecule has 0 aromatic carbocycles. The van der Waals surface area contributed by atoms with Crippen molar-refractivity contribution in [1.29, 1.82) is 5.41 Å². The third-order valence-corrected chi connectivity index (χ3v) is 5.18. The summed E-state index contributed by atoms with van der Waals surface area (Å²) in [5, 5.41) is 13.2. The Labute approximate surface area is 147 Å². The highest BCUT2D eigenvalue weighted by Gasteiger charge is 2.36. The molecule has 4 rings (SSSR count). The van der Waals surface area contributed by atoms with Crippen molar-refractivity contribution in [3.8, 4) is 5.75 Å². The third kappa shape index (κ3) is 2.59. The van der Waals surface area contributed by atoms with Crippen LogP contribution in [-0.4, -0.2) is 32.8 Å². The quantitative estimate of drug-likeness (QED) is 0.680. The summed E-state index contributed by atoms with van der Waals surface area (Å²) in [6.45, 7) is 2.47. The topological polar surface area (TPSA) is 83.8 Å². The molecular formula is C16H14ClN5OS. The number of hydrogen-bond acceptors (Lipinski definition) is 7. The number of nitrogens with one attached hydrogen (secondary N) is 2. The number of anilines is 1. The second-order valence-corrected chi connectivity index (χ2v) is 7.19. The number of hydrogen-bond donors (Lipinski definition) is 2. The van der Waals surface area contributed by atoms with Gasteiger partial charge in [0.15, 0.2) is 5.13 Å². The second kappa shape index (κ2) is 5.68. The van der Waals surface area contributed by atoms with Gasteiger partial charge in [-0.2, -0.15) is 0 Å². The fourth-order valence-corrected chi connectivity index (χ4v) is 3.89. The zero-order chi connectivity index (χ0) is 16.7. The maximum Gasteiger partial charge on any atom is 0.184 e. The van der Waals surface area contributed by atoms with E-state index in [2.05, 4.69) is 20.3 Å². The molecule has 0 radical (unpaired) electrons. The molecule has 0 saturated heterocycles. The van der Waals surface area contributed by atoms with Crippen LogP contribution in [-0.2, 0) is 0 Å². The SMILES string of the molecule is CC1(Nc2nc3cnc(Cl)cc3s2)CCOc2cccnc2C1=N. The molecule has 0 saturated carbocycles. The van der Waals surface area contributed by atoms with Crippen molar-refractivity contribution in [1.82, 2.24) is 15.0 Å². The smallest absolute Gasteiger partial charge is 0.184 e. The Balaban J connectivity index is 1.70. The number of rotatable bonds is 2. The van der Waals surface area contributed by atoms with E-state index in [1.807, 2.05) is 19.1 Å². The van der Waals surface area contributed by atoms with Gasteiger partial charge in [-0.3, -0.25) is 4.98 Å². The summed E-state index contributed by atoms with van der Waals surface area (Å²) in [6.07, 6.45) is 3.96. The summed E-state index contributed by atoms with van der Waals surface area (Å²) in [6, 6.07) is 5.45. The maximum atomic E-state index is 8.62. The second-order valence-electron chi connectivity index (χ2n) is 5.77. The summed E-state index contributed by atoms with van der Waals surface area (Å²) in [4.78, 5) is 12.9. The van der Waals surface area contributed by atoms with Gasteiger partial charge in [0.1, 0.15) is 22.1 Å². The van der Waals surface area contributed by atoms with Crippen molar-refractivity contribution >= 4 is 44.0 Å². The first-order valence-corrected chi connectivity index (χ1v) is 8.62. The van der Waals surface area contributed by atoms with Crippen LogP contribution in [0.1, 0.15) is 19.0 Å². The molecule has 1 aliphatic heterocycles. The van der Waals surface area contributed by atoms with Crippen molar-refractivity contribution in [2.75, 3.05) is 11.9 Å². The van der Waals surface area contributed by atoms with E-state index in [-0.39, 0.29) is 0 Å². The summed E-state index contributed by atoms with van der Waals surface area (Å²) >= 11 is 7.43. The molecular weight excluding hydrogens is 346 g/mol. The summed E-state index contributed by atoms with van der Waals surface area (Å²) in [7, 11) is 0. The molecule has 122 valence electrons. The minimum absolute atomic E-state index is 0.394. The Hall–Kier alpha value is -2.25. The van der Waals surface area contributed by atoms with E-state index in [4.69, 9.17) is 21.7 Å². The Kier molecular flexibility index (Phi) is 3.62. The van der Waals surface area contributed by atoms with Gasteiger partial charge in [-0.1, -0.05) is 22.9 Å². The van der Waals surface area contributed by atoms with E-state index in [0.29, 0.717) is 35.3 Å². The molecule has 0 fully saturated rings. The lowest BCUT2D eigenvalue weighted by atomic mass is 9.90. The van der Waals surface area contributed by atoms with Crippen LogP contribution in [0.4, 0.5) is 5.13 Å². The number of halogens is 1. The van der Waals surface area contributed by atoms with Crippen molar-refractivity contribution in [3.05, 3.63) is 41.4 Å². The zero-order valence-corrected chi connectivity index (χ0v) is 14.4. The molecule has 3 aromatic heterocycles. The van der Waals surface area contributed by atoms with Crippen LogP contribution < -0.4 is 10.1 Å². The van der Waals surface area contributed by atoms with Gasteiger partial charge in [0, 0.05) is 12.6 Å². The monoisotopic (exact) mass is 359 g/mol. The molecule has 8 heteroatoms. The number of aromatic nitrogens is 3. The molecule has 3 aromatic rings. The van der Waals surface area contributed by atoms with E-state index >= 15 is 0 Å². The van der Waals surface area contributed by atoms with Gasteiger partial charge >= 0.3 is 0 Å². The Morgan fingerprint density at radius 3 is 3.17 bits per heavy atom. The highest BCUT2D eigenvalue weighted by Crippen LogP contribution is 2.33. The van der Waals surface area contributed by atoms with Crippen LogP contribution in [0, 0.1) is 5.41 Å². The maximum absolute atomic E-state index is 8.62. The van der Waals surface area contributed by atoms with Crippen molar-refractivity contribution in [2.24, 2.45) is 0 Å². The number of fused-ring (bicyclic) bond motifs is 2. The van der Waals surface area contributed by atoms with Gasteiger partial charge < -0.3 is 15.5 Å². The molecule has 1 unspecified atom stereocenters. The molecule has 4 heterocycles. The molecule has 1 atom stereocenters. The molecule has 0 spiro atoms. The van der Waals surface area contributed by atoms with Crippen LogP contribution in [0.5, 0.6) is 5.75 Å². The highest BCUT2D eigenvalue weighted by atomic mass is 35.5. The summed E-state index contributed by atoms with van der Waals surface area (Å²) in [5.41, 5.74) is 1.12. The predicted molar refractivity (Wildman–Crippen MR) is 95.6 cm³/mol. The van der Waals surface area contributed by atoms with Crippen molar-refractivity contribution in [2.45, 2.75) is 18.9 Å². The van der Waals surface area contributed by atoms with Crippen LogP contribution in [0.15, 0.2) is 30.6 Å². The predicted octanol–water partition coefficient (Wildman–Crippen LogP) is 3.76. The van der Waals surface area contributed by atoms with Crippen LogP contribution in [0.2, 0.25) is 5.15 Å². The van der Waals surface area contributed by atoms with Gasteiger partial charge in [-0.05, 0) is 25.1 Å². The number of pyridine rings is 2. The first kappa shape index (κ1) is 15.3. The molecule has 6 nitrogen and oxygen atoms in total. The Bertz CT molecular complexity index is 943. The van der Waals surface area contributed by atoms with E-state index in [0.717, 1.165) is 15.3 Å². The molecule has 0 bridgehead atoms. The van der Waals surface area contributed by atoms with E-state index < -0.39 is 5.54 Å². The van der Waals surface area contributed by atoms with Crippen LogP contribution >= 0.6 is 22.9 Å². The highest BCUT2D eigenvalue weighted by molar-refractivity contribution is 7.22. The molecule has 24 heavy (non-hydrogen) atoms. The van der Waals surface area contributed by atoms with Gasteiger partial charge in [-0.15, -0.1) is 0 Å². The minimum Gasteiger partial charge on any atom is -0.491 e. The van der Waals surface area contributed by atoms with Gasteiger partial charge in [0.05, 0.1) is 28.8 Å². The van der Waals surface area contributed by atoms with Gasteiger partial charge in [0.25, 0.3) is 0 Å². The molecule has 2 N–H and O–H groups in total. The van der Waals surface area contributed by atoms with Gasteiger partial charge in [-0.25, -0.2) is 9.97 Å². The molecule has 1 aliphatic rings. The number of ether oxygens (including phenoxy) is 1. The largest absolute Gasteiger partial charge is 0.491 e. The fourth-order valence-electron chi connectivity index (χ4n) is 2.67. The lowest BCUT2D eigenvalue weighted by Crippen LogP contribution is -2.43. The minimum atomic E-state index is -0.620. The molecule has 0 amide bonds. The number of nitrogens with zero attached hydrogens (tertiary/aromatic N) is 3. The fraction of sp³-hybridized carbons (Fsp3) is 0.250. The van der Waals surface area contributed by atoms with Crippen molar-refractivity contribution < 1.29 is 4.74 Å². The zero-order valence-electron chi connectivity index (χ0n) is 12.8. The van der Waals surface area contributed by atoms with E-state index in [1.54, 1.807) is 18.5 Å². The third-order valence-electron chi connectivity index (χ3n) is 4.04. The lowest BCUT2D eigenvalue weighted by Gasteiger charge is -2.28. The van der Waals surface area contributed by atoms with Crippen molar-refractivity contribution in [3.63, 3.8) is 0 Å². The Morgan fingerprint density at radius 1 is 1.42 bits per heavy atom. The lowest BCUT2D eigenvalue weighted by molar-refractivity contribution is 0.300. The van der Waals surface area contributed by atoms with Crippen LogP contribution in [0.25, 0.3) is 10.2 Å². The number of thiazole rings is 1. The average Bonchev–Trinajstić information content (AvgIpc) is 2.90.